The van der Waals surface area contributed by atoms with E-state index in [9.17, 15) is 9.50 Å². The lowest BCUT2D eigenvalue weighted by atomic mass is 10.1. The second-order valence-electron chi connectivity index (χ2n) is 9.86. The molecule has 8 heteroatoms. The third-order valence-corrected chi connectivity index (χ3v) is 6.82. The topological polar surface area (TPSA) is 63.0 Å². The summed E-state index contributed by atoms with van der Waals surface area (Å²) in [6.45, 7) is 5.76. The Morgan fingerprint density at radius 3 is 2.56 bits per heavy atom. The lowest BCUT2D eigenvalue weighted by Crippen LogP contribution is -2.44. The first-order chi connectivity index (χ1) is 17.6. The van der Waals surface area contributed by atoms with Crippen molar-refractivity contribution in [1.29, 1.82) is 0 Å². The van der Waals surface area contributed by atoms with E-state index in [0.717, 1.165) is 36.5 Å². The molecule has 0 radical (unpaired) electrons. The minimum absolute atomic E-state index is 0.169. The Hall–Kier alpha value is -2.78. The van der Waals surface area contributed by atoms with Gasteiger partial charge in [-0.15, -0.1) is 0 Å². The van der Waals surface area contributed by atoms with Crippen molar-refractivity contribution >= 4 is 0 Å². The van der Waals surface area contributed by atoms with Crippen molar-refractivity contribution in [3.63, 3.8) is 0 Å². The number of halogens is 1. The number of hydrogen-bond acceptors (Lipinski definition) is 6. The maximum atomic E-state index is 14.5. The van der Waals surface area contributed by atoms with Crippen LogP contribution in [0.3, 0.4) is 0 Å². The summed E-state index contributed by atoms with van der Waals surface area (Å²) in [4.78, 5) is 4.57. The lowest BCUT2D eigenvalue weighted by molar-refractivity contribution is 0.00587. The van der Waals surface area contributed by atoms with Crippen LogP contribution < -0.4 is 4.74 Å². The third-order valence-electron chi connectivity index (χ3n) is 6.82. The molecule has 2 heterocycles. The third kappa shape index (κ3) is 6.31. The lowest BCUT2D eigenvalue weighted by Gasteiger charge is -2.31. The van der Waals surface area contributed by atoms with Gasteiger partial charge in [0, 0.05) is 51.9 Å². The summed E-state index contributed by atoms with van der Waals surface area (Å²) in [5.41, 5.74) is 2.69. The average Bonchev–Trinajstić information content (AvgIpc) is 3.65. The molecule has 1 unspecified atom stereocenters. The van der Waals surface area contributed by atoms with Gasteiger partial charge in [-0.1, -0.05) is 42.5 Å². The highest BCUT2D eigenvalue weighted by atomic mass is 19.1. The number of aryl methyl sites for hydroxylation is 1. The standard InChI is InChI=1S/C28H35FN4O3/c1-31-28(36-26-10-6-5-9-25(26)29)24(27(30-31)22-7-3-2-4-8-22)20-33(17-21-11-12-21)19-23(34)18-32-13-15-35-16-14-32/h2-10,21,23,34H,11-20H2,1H3. The van der Waals surface area contributed by atoms with Crippen molar-refractivity contribution in [2.75, 3.05) is 45.9 Å². The molecule has 0 amide bonds. The van der Waals surface area contributed by atoms with Gasteiger partial charge >= 0.3 is 0 Å². The van der Waals surface area contributed by atoms with Gasteiger partial charge in [0.15, 0.2) is 11.6 Å². The summed E-state index contributed by atoms with van der Waals surface area (Å²) in [5.74, 6) is 0.917. The monoisotopic (exact) mass is 494 g/mol. The number of rotatable bonds is 11. The Labute approximate surface area is 212 Å². The molecular formula is C28H35FN4O3. The molecule has 0 bridgehead atoms. The van der Waals surface area contributed by atoms with Crippen molar-refractivity contribution in [3.05, 3.63) is 66.0 Å². The van der Waals surface area contributed by atoms with Crippen LogP contribution in [0, 0.1) is 11.7 Å². The van der Waals surface area contributed by atoms with E-state index >= 15 is 0 Å². The number of ether oxygens (including phenoxy) is 2. The second-order valence-corrected chi connectivity index (χ2v) is 9.86. The first-order valence-corrected chi connectivity index (χ1v) is 12.8. The van der Waals surface area contributed by atoms with Crippen LogP contribution in [-0.2, 0) is 18.3 Å². The van der Waals surface area contributed by atoms with E-state index in [4.69, 9.17) is 14.6 Å². The van der Waals surface area contributed by atoms with Gasteiger partial charge in [0.05, 0.1) is 24.9 Å². The van der Waals surface area contributed by atoms with Crippen LogP contribution in [-0.4, -0.2) is 76.7 Å². The normalized spacial score (nSPS) is 17.4. The van der Waals surface area contributed by atoms with Crippen molar-refractivity contribution < 1.29 is 19.0 Å². The average molecular weight is 495 g/mol. The van der Waals surface area contributed by atoms with E-state index in [1.807, 2.05) is 37.4 Å². The Morgan fingerprint density at radius 1 is 1.11 bits per heavy atom. The molecule has 5 rings (SSSR count). The maximum absolute atomic E-state index is 14.5. The molecule has 2 aliphatic rings. The Balaban J connectivity index is 1.42. The molecule has 2 aromatic carbocycles. The smallest absolute Gasteiger partial charge is 0.222 e. The zero-order chi connectivity index (χ0) is 24.9. The summed E-state index contributed by atoms with van der Waals surface area (Å²) < 4.78 is 27.8. The molecule has 36 heavy (non-hydrogen) atoms. The molecule has 1 atom stereocenters. The molecule has 1 aliphatic heterocycles. The summed E-state index contributed by atoms with van der Waals surface area (Å²) in [5, 5.41) is 15.8. The predicted molar refractivity (Wildman–Crippen MR) is 136 cm³/mol. The molecule has 1 saturated heterocycles. The quantitative estimate of drug-likeness (QED) is 0.436. The molecule has 7 nitrogen and oxygen atoms in total. The molecule has 1 N–H and O–H groups in total. The van der Waals surface area contributed by atoms with Crippen LogP contribution >= 0.6 is 0 Å². The fourth-order valence-corrected chi connectivity index (χ4v) is 4.81. The van der Waals surface area contributed by atoms with Gasteiger partial charge in [0.1, 0.15) is 5.69 Å². The molecule has 3 aromatic rings. The minimum Gasteiger partial charge on any atom is -0.436 e. The van der Waals surface area contributed by atoms with Crippen LogP contribution in [0.4, 0.5) is 4.39 Å². The molecule has 2 fully saturated rings. The summed E-state index contributed by atoms with van der Waals surface area (Å²) in [7, 11) is 1.82. The van der Waals surface area contributed by atoms with Gasteiger partial charge in [-0.2, -0.15) is 5.10 Å². The van der Waals surface area contributed by atoms with Gasteiger partial charge in [-0.25, -0.2) is 9.07 Å². The number of benzene rings is 2. The van der Waals surface area contributed by atoms with Gasteiger partial charge in [0.25, 0.3) is 0 Å². The Kier molecular flexibility index (Phi) is 7.96. The van der Waals surface area contributed by atoms with Crippen molar-refractivity contribution in [2.24, 2.45) is 13.0 Å². The van der Waals surface area contributed by atoms with Crippen LogP contribution in [0.15, 0.2) is 54.6 Å². The van der Waals surface area contributed by atoms with E-state index in [1.165, 1.54) is 18.9 Å². The molecule has 1 saturated carbocycles. The minimum atomic E-state index is -0.477. The fourth-order valence-electron chi connectivity index (χ4n) is 4.81. The summed E-state index contributed by atoms with van der Waals surface area (Å²) >= 11 is 0. The van der Waals surface area contributed by atoms with Crippen LogP contribution in [0.2, 0.25) is 0 Å². The fraction of sp³-hybridized carbons (Fsp3) is 0.464. The molecular weight excluding hydrogens is 459 g/mol. The predicted octanol–water partition coefficient (Wildman–Crippen LogP) is 3.92. The van der Waals surface area contributed by atoms with E-state index in [2.05, 4.69) is 9.80 Å². The van der Waals surface area contributed by atoms with Crippen molar-refractivity contribution in [3.8, 4) is 22.9 Å². The van der Waals surface area contributed by atoms with Gasteiger partial charge < -0.3 is 14.6 Å². The highest BCUT2D eigenvalue weighted by Crippen LogP contribution is 2.36. The van der Waals surface area contributed by atoms with Crippen molar-refractivity contribution in [2.45, 2.75) is 25.5 Å². The first kappa shape index (κ1) is 24.9. The number of morpholine rings is 1. The maximum Gasteiger partial charge on any atom is 0.222 e. The van der Waals surface area contributed by atoms with Crippen LogP contribution in [0.1, 0.15) is 18.4 Å². The molecule has 0 spiro atoms. The van der Waals surface area contributed by atoms with Gasteiger partial charge in [-0.3, -0.25) is 9.80 Å². The Bertz CT molecular complexity index is 1130. The molecule has 1 aromatic heterocycles. The SMILES string of the molecule is Cn1nc(-c2ccccc2)c(CN(CC(O)CN2CCOCC2)CC2CC2)c1Oc1ccccc1F. The second kappa shape index (κ2) is 11.5. The number of hydrogen-bond donors (Lipinski definition) is 1. The van der Waals surface area contributed by atoms with Crippen LogP contribution in [0.5, 0.6) is 11.6 Å². The number of aromatic nitrogens is 2. The first-order valence-electron chi connectivity index (χ1n) is 12.8. The van der Waals surface area contributed by atoms with Gasteiger partial charge in [-0.05, 0) is 30.9 Å². The number of nitrogens with zero attached hydrogens (tertiary/aromatic N) is 4. The van der Waals surface area contributed by atoms with E-state index < -0.39 is 11.9 Å². The van der Waals surface area contributed by atoms with E-state index in [0.29, 0.717) is 44.6 Å². The molecule has 1 aliphatic carbocycles. The highest BCUT2D eigenvalue weighted by Gasteiger charge is 2.29. The number of para-hydroxylation sites is 1. The Morgan fingerprint density at radius 2 is 1.83 bits per heavy atom. The van der Waals surface area contributed by atoms with Gasteiger partial charge in [0.2, 0.25) is 5.88 Å². The number of aliphatic hydroxyl groups excluding tert-OH is 1. The zero-order valence-corrected chi connectivity index (χ0v) is 20.9. The molecule has 192 valence electrons. The summed E-state index contributed by atoms with van der Waals surface area (Å²) in [6.07, 6.45) is 1.95. The van der Waals surface area contributed by atoms with Crippen LogP contribution in [0.25, 0.3) is 11.3 Å². The van der Waals surface area contributed by atoms with E-state index in [1.54, 1.807) is 22.9 Å². The summed E-state index contributed by atoms with van der Waals surface area (Å²) in [6, 6.07) is 16.4. The number of aliphatic hydroxyl groups is 1. The van der Waals surface area contributed by atoms with Crippen molar-refractivity contribution in [1.82, 2.24) is 19.6 Å². The van der Waals surface area contributed by atoms with E-state index in [-0.39, 0.29) is 5.75 Å². The number of β-amino-alcohol motifs (C(OH)–C–C–N with tert-alkyl or cyclic N) is 1. The zero-order valence-electron chi connectivity index (χ0n) is 20.9. The highest BCUT2D eigenvalue weighted by molar-refractivity contribution is 5.65. The largest absolute Gasteiger partial charge is 0.436 e.